The second-order valence-corrected chi connectivity index (χ2v) is 6.61. The van der Waals surface area contributed by atoms with Gasteiger partial charge in [-0.1, -0.05) is 23.4 Å². The quantitative estimate of drug-likeness (QED) is 0.735. The lowest BCUT2D eigenvalue weighted by molar-refractivity contribution is -0.127. The van der Waals surface area contributed by atoms with Crippen LogP contribution < -0.4 is 0 Å². The lowest BCUT2D eigenvalue weighted by atomic mass is 9.97. The Bertz CT molecular complexity index is 365. The Labute approximate surface area is 113 Å². The number of allylic oxidation sites excluding steroid dienone is 1. The summed E-state index contributed by atoms with van der Waals surface area (Å²) in [6.07, 6.45) is 8.89. The van der Waals surface area contributed by atoms with Gasteiger partial charge in [0.1, 0.15) is 0 Å². The zero-order valence-corrected chi connectivity index (χ0v) is 11.8. The third kappa shape index (κ3) is 3.87. The summed E-state index contributed by atoms with van der Waals surface area (Å²) in [5.74, 6) is 0.213. The topological polar surface area (TPSA) is 37.4 Å². The number of hydrogen-bond donors (Lipinski definition) is 0. The van der Waals surface area contributed by atoms with Gasteiger partial charge in [-0.05, 0) is 32.1 Å². The van der Waals surface area contributed by atoms with Gasteiger partial charge in [0.2, 0.25) is 5.91 Å². The fraction of sp³-hybridized carbons (Fsp3) is 0.714. The predicted octanol–water partition coefficient (Wildman–Crippen LogP) is 2.76. The van der Waals surface area contributed by atoms with E-state index in [1.165, 1.54) is 43.0 Å². The van der Waals surface area contributed by atoms with Gasteiger partial charge in [0, 0.05) is 31.7 Å². The molecule has 1 unspecified atom stereocenters. The van der Waals surface area contributed by atoms with Crippen LogP contribution in [-0.4, -0.2) is 34.3 Å². The second-order valence-electron chi connectivity index (χ2n) is 5.13. The molecule has 1 aliphatic carbocycles. The van der Waals surface area contributed by atoms with Crippen molar-refractivity contribution in [1.82, 2.24) is 4.90 Å². The van der Waals surface area contributed by atoms with Crippen molar-refractivity contribution in [3.05, 3.63) is 11.6 Å². The Morgan fingerprint density at radius 3 is 3.00 bits per heavy atom. The molecule has 1 aliphatic heterocycles. The smallest absolute Gasteiger partial charge is 0.223 e. The van der Waals surface area contributed by atoms with Crippen molar-refractivity contribution >= 4 is 22.8 Å². The minimum atomic E-state index is 0.115. The standard InChI is InChI=1S/C14H21NO2S/c1-11(16)18-13-9-14(17)15(10-13)8-7-12-5-3-2-4-6-12/h5,13H,2-4,6-10H2,1H3. The zero-order valence-electron chi connectivity index (χ0n) is 11.0. The van der Waals surface area contributed by atoms with Crippen LogP contribution in [0.25, 0.3) is 0 Å². The van der Waals surface area contributed by atoms with Crippen LogP contribution in [0.1, 0.15) is 45.4 Å². The van der Waals surface area contributed by atoms with Gasteiger partial charge in [0.05, 0.1) is 0 Å². The maximum absolute atomic E-state index is 11.8. The molecule has 0 bridgehead atoms. The molecule has 3 nitrogen and oxygen atoms in total. The predicted molar refractivity (Wildman–Crippen MR) is 74.4 cm³/mol. The van der Waals surface area contributed by atoms with Gasteiger partial charge in [-0.3, -0.25) is 9.59 Å². The molecule has 0 radical (unpaired) electrons. The maximum atomic E-state index is 11.8. The van der Waals surface area contributed by atoms with E-state index in [1.807, 2.05) is 4.90 Å². The van der Waals surface area contributed by atoms with Crippen molar-refractivity contribution in [2.24, 2.45) is 0 Å². The minimum absolute atomic E-state index is 0.115. The molecule has 0 N–H and O–H groups in total. The van der Waals surface area contributed by atoms with Crippen molar-refractivity contribution in [2.45, 2.75) is 50.7 Å². The van der Waals surface area contributed by atoms with Crippen LogP contribution in [0.15, 0.2) is 11.6 Å². The van der Waals surface area contributed by atoms with E-state index in [-0.39, 0.29) is 16.3 Å². The summed E-state index contributed by atoms with van der Waals surface area (Å²) in [5, 5.41) is 0.292. The Kier molecular flexibility index (Phi) is 4.87. The number of carbonyl (C=O) groups is 2. The van der Waals surface area contributed by atoms with Gasteiger partial charge >= 0.3 is 0 Å². The number of carbonyl (C=O) groups excluding carboxylic acids is 2. The molecule has 0 aromatic rings. The Morgan fingerprint density at radius 2 is 2.33 bits per heavy atom. The van der Waals surface area contributed by atoms with Gasteiger partial charge in [0.25, 0.3) is 0 Å². The van der Waals surface area contributed by atoms with Crippen molar-refractivity contribution in [2.75, 3.05) is 13.1 Å². The molecule has 4 heteroatoms. The highest BCUT2D eigenvalue weighted by atomic mass is 32.2. The SMILES string of the molecule is CC(=O)SC1CC(=O)N(CCC2=CCCCC2)C1. The largest absolute Gasteiger partial charge is 0.341 e. The van der Waals surface area contributed by atoms with E-state index < -0.39 is 0 Å². The highest BCUT2D eigenvalue weighted by molar-refractivity contribution is 8.14. The molecule has 2 aliphatic rings. The maximum Gasteiger partial charge on any atom is 0.223 e. The van der Waals surface area contributed by atoms with E-state index in [1.54, 1.807) is 6.92 Å². The van der Waals surface area contributed by atoms with E-state index in [2.05, 4.69) is 6.08 Å². The lowest BCUT2D eigenvalue weighted by Crippen LogP contribution is -2.27. The highest BCUT2D eigenvalue weighted by Crippen LogP contribution is 2.26. The molecule has 18 heavy (non-hydrogen) atoms. The van der Waals surface area contributed by atoms with Crippen molar-refractivity contribution < 1.29 is 9.59 Å². The zero-order chi connectivity index (χ0) is 13.0. The summed E-state index contributed by atoms with van der Waals surface area (Å²) in [7, 11) is 0. The molecule has 1 heterocycles. The third-order valence-corrected chi connectivity index (χ3v) is 4.58. The average molecular weight is 267 g/mol. The van der Waals surface area contributed by atoms with Crippen molar-refractivity contribution in [3.8, 4) is 0 Å². The van der Waals surface area contributed by atoms with Crippen LogP contribution in [0.5, 0.6) is 0 Å². The number of thioether (sulfide) groups is 1. The number of likely N-dealkylation sites (tertiary alicyclic amines) is 1. The van der Waals surface area contributed by atoms with Gasteiger partial charge in [-0.2, -0.15) is 0 Å². The Hall–Kier alpha value is -0.770. The molecular weight excluding hydrogens is 246 g/mol. The monoisotopic (exact) mass is 267 g/mol. The first kappa shape index (κ1) is 13.7. The minimum Gasteiger partial charge on any atom is -0.341 e. The molecule has 1 atom stereocenters. The van der Waals surface area contributed by atoms with Crippen LogP contribution in [0.3, 0.4) is 0 Å². The fourth-order valence-corrected chi connectivity index (χ4v) is 3.63. The summed E-state index contributed by atoms with van der Waals surface area (Å²) >= 11 is 1.31. The Morgan fingerprint density at radius 1 is 1.50 bits per heavy atom. The van der Waals surface area contributed by atoms with Gasteiger partial charge in [-0.25, -0.2) is 0 Å². The lowest BCUT2D eigenvalue weighted by Gasteiger charge is -2.19. The van der Waals surface area contributed by atoms with E-state index >= 15 is 0 Å². The molecule has 1 saturated heterocycles. The van der Waals surface area contributed by atoms with Crippen LogP contribution in [0, 0.1) is 0 Å². The molecule has 0 aromatic heterocycles. The molecule has 100 valence electrons. The summed E-state index contributed by atoms with van der Waals surface area (Å²) in [6, 6.07) is 0. The number of hydrogen-bond acceptors (Lipinski definition) is 3. The molecule has 0 aromatic carbocycles. The van der Waals surface area contributed by atoms with Crippen LogP contribution in [-0.2, 0) is 9.59 Å². The van der Waals surface area contributed by atoms with Gasteiger partial charge in [0.15, 0.2) is 5.12 Å². The van der Waals surface area contributed by atoms with E-state index in [9.17, 15) is 9.59 Å². The van der Waals surface area contributed by atoms with Crippen molar-refractivity contribution in [1.29, 1.82) is 0 Å². The van der Waals surface area contributed by atoms with Crippen LogP contribution in [0.4, 0.5) is 0 Å². The van der Waals surface area contributed by atoms with Crippen molar-refractivity contribution in [3.63, 3.8) is 0 Å². The van der Waals surface area contributed by atoms with E-state index in [4.69, 9.17) is 0 Å². The summed E-state index contributed by atoms with van der Waals surface area (Å²) in [6.45, 7) is 3.15. The molecule has 0 saturated carbocycles. The molecule has 1 amide bonds. The molecule has 1 fully saturated rings. The van der Waals surface area contributed by atoms with Gasteiger partial charge in [-0.15, -0.1) is 0 Å². The number of nitrogens with zero attached hydrogens (tertiary/aromatic N) is 1. The number of rotatable bonds is 4. The normalized spacial score (nSPS) is 24.3. The first-order valence-corrected chi connectivity index (χ1v) is 7.66. The molecular formula is C14H21NO2S. The average Bonchev–Trinajstić information content (AvgIpc) is 2.67. The van der Waals surface area contributed by atoms with Crippen LogP contribution >= 0.6 is 11.8 Å². The third-order valence-electron chi connectivity index (χ3n) is 3.60. The summed E-state index contributed by atoms with van der Waals surface area (Å²) in [5.41, 5.74) is 1.51. The summed E-state index contributed by atoms with van der Waals surface area (Å²) in [4.78, 5) is 24.8. The highest BCUT2D eigenvalue weighted by Gasteiger charge is 2.30. The first-order valence-electron chi connectivity index (χ1n) is 6.78. The first-order chi connectivity index (χ1) is 8.65. The van der Waals surface area contributed by atoms with Gasteiger partial charge < -0.3 is 4.90 Å². The fourth-order valence-electron chi connectivity index (χ4n) is 2.68. The van der Waals surface area contributed by atoms with Crippen LogP contribution in [0.2, 0.25) is 0 Å². The van der Waals surface area contributed by atoms with E-state index in [0.717, 1.165) is 19.5 Å². The number of amides is 1. The molecule has 2 rings (SSSR count). The second kappa shape index (κ2) is 6.41. The molecule has 0 spiro atoms. The van der Waals surface area contributed by atoms with E-state index in [0.29, 0.717) is 6.42 Å². The summed E-state index contributed by atoms with van der Waals surface area (Å²) < 4.78 is 0. The Balaban J connectivity index is 1.77.